The Morgan fingerprint density at radius 3 is 2.76 bits per heavy atom. The fourth-order valence-corrected chi connectivity index (χ4v) is 1.80. The standard InChI is InChI=1S/C12H15FN4/c1-8-3-9(5-10(13)4-8)11(14)6-12-15-7-16-17(12)2/h3-5,7,11H,6,14H2,1-2H3. The average molecular weight is 234 g/mol. The first-order valence-corrected chi connectivity index (χ1v) is 5.42. The molecule has 0 amide bonds. The summed E-state index contributed by atoms with van der Waals surface area (Å²) in [6.45, 7) is 1.85. The van der Waals surface area contributed by atoms with Crippen molar-refractivity contribution in [2.24, 2.45) is 12.8 Å². The summed E-state index contributed by atoms with van der Waals surface area (Å²) >= 11 is 0. The molecule has 90 valence electrons. The van der Waals surface area contributed by atoms with Crippen LogP contribution in [0, 0.1) is 12.7 Å². The predicted molar refractivity (Wildman–Crippen MR) is 62.8 cm³/mol. The fourth-order valence-electron chi connectivity index (χ4n) is 1.80. The van der Waals surface area contributed by atoms with Crippen molar-refractivity contribution in [2.75, 3.05) is 0 Å². The van der Waals surface area contributed by atoms with Crippen molar-refractivity contribution in [3.63, 3.8) is 0 Å². The van der Waals surface area contributed by atoms with Crippen LogP contribution in [0.25, 0.3) is 0 Å². The Balaban J connectivity index is 2.20. The number of benzene rings is 1. The third-order valence-corrected chi connectivity index (χ3v) is 2.70. The molecule has 2 rings (SSSR count). The highest BCUT2D eigenvalue weighted by Crippen LogP contribution is 2.17. The maximum Gasteiger partial charge on any atom is 0.138 e. The molecule has 1 atom stereocenters. The van der Waals surface area contributed by atoms with Gasteiger partial charge in [-0.15, -0.1) is 0 Å². The van der Waals surface area contributed by atoms with Crippen LogP contribution in [-0.2, 0) is 13.5 Å². The van der Waals surface area contributed by atoms with Crippen LogP contribution in [0.1, 0.15) is 23.0 Å². The van der Waals surface area contributed by atoms with Crippen LogP contribution in [-0.4, -0.2) is 14.8 Å². The van der Waals surface area contributed by atoms with Gasteiger partial charge in [-0.3, -0.25) is 4.68 Å². The van der Waals surface area contributed by atoms with Crippen molar-refractivity contribution in [1.29, 1.82) is 0 Å². The number of halogens is 1. The molecular weight excluding hydrogens is 219 g/mol. The molecule has 0 fully saturated rings. The monoisotopic (exact) mass is 234 g/mol. The van der Waals surface area contributed by atoms with E-state index in [0.29, 0.717) is 6.42 Å². The number of hydrogen-bond donors (Lipinski definition) is 1. The van der Waals surface area contributed by atoms with Gasteiger partial charge in [-0.1, -0.05) is 6.07 Å². The molecule has 0 aliphatic heterocycles. The minimum absolute atomic E-state index is 0.256. The number of aryl methyl sites for hydroxylation is 2. The quantitative estimate of drug-likeness (QED) is 0.875. The van der Waals surface area contributed by atoms with Gasteiger partial charge in [0.1, 0.15) is 18.0 Å². The Labute approximate surface area is 99.3 Å². The van der Waals surface area contributed by atoms with Gasteiger partial charge in [0.15, 0.2) is 0 Å². The van der Waals surface area contributed by atoms with Crippen molar-refractivity contribution < 1.29 is 4.39 Å². The number of nitrogens with two attached hydrogens (primary N) is 1. The smallest absolute Gasteiger partial charge is 0.138 e. The van der Waals surface area contributed by atoms with E-state index in [1.807, 2.05) is 20.0 Å². The summed E-state index contributed by atoms with van der Waals surface area (Å²) in [5, 5.41) is 3.97. The fraction of sp³-hybridized carbons (Fsp3) is 0.333. The van der Waals surface area contributed by atoms with Crippen LogP contribution in [0.5, 0.6) is 0 Å². The van der Waals surface area contributed by atoms with Gasteiger partial charge >= 0.3 is 0 Å². The summed E-state index contributed by atoms with van der Waals surface area (Å²) in [6.07, 6.45) is 2.03. The molecule has 0 spiro atoms. The Morgan fingerprint density at radius 2 is 2.18 bits per heavy atom. The molecule has 1 aromatic heterocycles. The van der Waals surface area contributed by atoms with Crippen molar-refractivity contribution >= 4 is 0 Å². The molecule has 0 bridgehead atoms. The highest BCUT2D eigenvalue weighted by molar-refractivity contribution is 5.26. The first kappa shape index (κ1) is 11.7. The van der Waals surface area contributed by atoms with E-state index in [2.05, 4.69) is 10.1 Å². The minimum atomic E-state index is -0.271. The molecule has 4 nitrogen and oxygen atoms in total. The molecule has 0 aliphatic carbocycles. The summed E-state index contributed by atoms with van der Waals surface area (Å²) in [5.41, 5.74) is 7.70. The number of nitrogens with zero attached hydrogens (tertiary/aromatic N) is 3. The van der Waals surface area contributed by atoms with E-state index < -0.39 is 0 Å². The third-order valence-electron chi connectivity index (χ3n) is 2.70. The van der Waals surface area contributed by atoms with Crippen LogP contribution in [0.2, 0.25) is 0 Å². The number of aromatic nitrogens is 3. The Morgan fingerprint density at radius 1 is 1.41 bits per heavy atom. The van der Waals surface area contributed by atoms with Crippen molar-refractivity contribution in [1.82, 2.24) is 14.8 Å². The third kappa shape index (κ3) is 2.68. The number of hydrogen-bond acceptors (Lipinski definition) is 3. The lowest BCUT2D eigenvalue weighted by Gasteiger charge is -2.12. The van der Waals surface area contributed by atoms with Gasteiger partial charge in [0.05, 0.1) is 0 Å². The zero-order chi connectivity index (χ0) is 12.4. The predicted octanol–water partition coefficient (Wildman–Crippen LogP) is 1.51. The zero-order valence-electron chi connectivity index (χ0n) is 9.89. The highest BCUT2D eigenvalue weighted by Gasteiger charge is 2.12. The Hall–Kier alpha value is -1.75. The molecule has 0 radical (unpaired) electrons. The second-order valence-electron chi connectivity index (χ2n) is 4.17. The van der Waals surface area contributed by atoms with Gasteiger partial charge in [0.2, 0.25) is 0 Å². The van der Waals surface area contributed by atoms with E-state index in [9.17, 15) is 4.39 Å². The van der Waals surface area contributed by atoms with Crippen LogP contribution in [0.3, 0.4) is 0 Å². The second kappa shape index (κ2) is 4.63. The highest BCUT2D eigenvalue weighted by atomic mass is 19.1. The molecule has 0 saturated carbocycles. The van der Waals surface area contributed by atoms with Crippen LogP contribution in [0.15, 0.2) is 24.5 Å². The van der Waals surface area contributed by atoms with E-state index >= 15 is 0 Å². The molecular formula is C12H15FN4. The Kier molecular flexibility index (Phi) is 3.19. The maximum atomic E-state index is 13.3. The summed E-state index contributed by atoms with van der Waals surface area (Å²) in [5.74, 6) is 0.535. The summed E-state index contributed by atoms with van der Waals surface area (Å²) < 4.78 is 14.9. The van der Waals surface area contributed by atoms with E-state index in [1.54, 1.807) is 4.68 Å². The lowest BCUT2D eigenvalue weighted by molar-refractivity contribution is 0.604. The normalized spacial score (nSPS) is 12.7. The summed E-state index contributed by atoms with van der Waals surface area (Å²) in [4.78, 5) is 4.10. The molecule has 1 aromatic carbocycles. The van der Waals surface area contributed by atoms with E-state index in [-0.39, 0.29) is 11.9 Å². The van der Waals surface area contributed by atoms with Gasteiger partial charge < -0.3 is 5.73 Å². The first-order valence-electron chi connectivity index (χ1n) is 5.42. The van der Waals surface area contributed by atoms with Gasteiger partial charge in [0, 0.05) is 19.5 Å². The molecule has 5 heteroatoms. The topological polar surface area (TPSA) is 56.7 Å². The molecule has 0 aliphatic rings. The van der Waals surface area contributed by atoms with Crippen LogP contribution >= 0.6 is 0 Å². The Bertz CT molecular complexity index is 501. The lowest BCUT2D eigenvalue weighted by Crippen LogP contribution is -2.16. The summed E-state index contributed by atoms with van der Waals surface area (Å²) in [7, 11) is 1.81. The molecule has 2 N–H and O–H groups in total. The zero-order valence-corrected chi connectivity index (χ0v) is 9.89. The lowest BCUT2D eigenvalue weighted by atomic mass is 10.0. The minimum Gasteiger partial charge on any atom is -0.324 e. The molecule has 1 heterocycles. The molecule has 1 unspecified atom stereocenters. The van der Waals surface area contributed by atoms with Gasteiger partial charge in [-0.25, -0.2) is 9.37 Å². The van der Waals surface area contributed by atoms with Crippen molar-refractivity contribution in [3.8, 4) is 0 Å². The second-order valence-corrected chi connectivity index (χ2v) is 4.17. The largest absolute Gasteiger partial charge is 0.324 e. The first-order chi connectivity index (χ1) is 8.06. The van der Waals surface area contributed by atoms with Gasteiger partial charge in [-0.2, -0.15) is 5.10 Å². The van der Waals surface area contributed by atoms with E-state index in [4.69, 9.17) is 5.73 Å². The molecule has 0 saturated heterocycles. The number of rotatable bonds is 3. The van der Waals surface area contributed by atoms with Crippen LogP contribution < -0.4 is 5.73 Å². The average Bonchev–Trinajstić information content (AvgIpc) is 2.63. The molecule has 17 heavy (non-hydrogen) atoms. The van der Waals surface area contributed by atoms with Crippen LogP contribution in [0.4, 0.5) is 4.39 Å². The van der Waals surface area contributed by atoms with E-state index in [1.165, 1.54) is 18.5 Å². The van der Waals surface area contributed by atoms with Gasteiger partial charge in [-0.05, 0) is 30.2 Å². The van der Waals surface area contributed by atoms with Gasteiger partial charge in [0.25, 0.3) is 0 Å². The van der Waals surface area contributed by atoms with Crippen molar-refractivity contribution in [3.05, 3.63) is 47.3 Å². The summed E-state index contributed by atoms with van der Waals surface area (Å²) in [6, 6.07) is 4.57. The van der Waals surface area contributed by atoms with E-state index in [0.717, 1.165) is 17.0 Å². The molecule has 2 aromatic rings. The SMILES string of the molecule is Cc1cc(F)cc(C(N)Cc2ncnn2C)c1. The maximum absolute atomic E-state index is 13.3. The van der Waals surface area contributed by atoms with Crippen molar-refractivity contribution in [2.45, 2.75) is 19.4 Å².